The fraction of sp³-hybridized carbons (Fsp3) is 0.259. The van der Waals surface area contributed by atoms with E-state index >= 15 is 0 Å². The van der Waals surface area contributed by atoms with Gasteiger partial charge in [0.2, 0.25) is 17.1 Å². The van der Waals surface area contributed by atoms with Crippen molar-refractivity contribution in [1.82, 2.24) is 5.32 Å². The first-order chi connectivity index (χ1) is 16.9. The molecule has 0 heterocycles. The zero-order valence-electron chi connectivity index (χ0n) is 20.0. The molecule has 0 saturated heterocycles. The van der Waals surface area contributed by atoms with Crippen molar-refractivity contribution in [2.45, 2.75) is 25.8 Å². The summed E-state index contributed by atoms with van der Waals surface area (Å²) in [6, 6.07) is 12.5. The molecular weight excluding hydrogens is 451 g/mol. The van der Waals surface area contributed by atoms with E-state index in [0.717, 1.165) is 11.1 Å². The van der Waals surface area contributed by atoms with E-state index in [9.17, 15) is 14.0 Å². The van der Waals surface area contributed by atoms with Gasteiger partial charge in [-0.05, 0) is 59.9 Å². The van der Waals surface area contributed by atoms with Gasteiger partial charge in [-0.2, -0.15) is 0 Å². The maximum atomic E-state index is 14.3. The van der Waals surface area contributed by atoms with E-state index in [0.29, 0.717) is 41.2 Å². The number of nitrogens with one attached hydrogen (secondary N) is 2. The average Bonchev–Trinajstić information content (AvgIpc) is 3.08. The summed E-state index contributed by atoms with van der Waals surface area (Å²) in [7, 11) is 4.63. The predicted octanol–water partition coefficient (Wildman–Crippen LogP) is 4.75. The summed E-state index contributed by atoms with van der Waals surface area (Å²) < 4.78 is 31.2. The van der Waals surface area contributed by atoms with Gasteiger partial charge in [0.15, 0.2) is 11.5 Å². The molecule has 182 valence electrons. The second kappa shape index (κ2) is 10.0. The first-order valence-electron chi connectivity index (χ1n) is 11.2. The number of para-hydroxylation sites is 1. The number of carbonyl (C=O) groups excluding carboxylic acids is 1. The topological polar surface area (TPSA) is 85.9 Å². The Kier molecular flexibility index (Phi) is 6.91. The Balaban J connectivity index is 1.99. The van der Waals surface area contributed by atoms with Crippen molar-refractivity contribution < 1.29 is 23.4 Å². The molecule has 0 aromatic heterocycles. The summed E-state index contributed by atoms with van der Waals surface area (Å²) in [6.07, 6.45) is 1.15. The summed E-state index contributed by atoms with van der Waals surface area (Å²) in [5, 5.41) is 5.86. The van der Waals surface area contributed by atoms with Crippen LogP contribution in [0.4, 0.5) is 15.8 Å². The quantitative estimate of drug-likeness (QED) is 0.532. The lowest BCUT2D eigenvalue weighted by molar-refractivity contribution is -0.119. The molecule has 0 spiro atoms. The van der Waals surface area contributed by atoms with Crippen molar-refractivity contribution in [2.75, 3.05) is 26.6 Å². The number of anilines is 2. The van der Waals surface area contributed by atoms with Crippen molar-refractivity contribution in [2.24, 2.45) is 0 Å². The van der Waals surface area contributed by atoms with Crippen molar-refractivity contribution >= 4 is 17.3 Å². The number of hydrogen-bond acceptors (Lipinski definition) is 6. The molecule has 35 heavy (non-hydrogen) atoms. The predicted molar refractivity (Wildman–Crippen MR) is 132 cm³/mol. The molecule has 1 unspecified atom stereocenters. The molecule has 4 rings (SSSR count). The average molecular weight is 479 g/mol. The van der Waals surface area contributed by atoms with E-state index < -0.39 is 11.9 Å². The zero-order chi connectivity index (χ0) is 25.1. The lowest BCUT2D eigenvalue weighted by Gasteiger charge is -2.19. The normalized spacial score (nSPS) is 14.1. The number of ether oxygens (including phenoxy) is 3. The van der Waals surface area contributed by atoms with Gasteiger partial charge in [0.25, 0.3) is 0 Å². The van der Waals surface area contributed by atoms with Gasteiger partial charge in [-0.3, -0.25) is 9.59 Å². The van der Waals surface area contributed by atoms with Crippen LogP contribution < -0.4 is 30.3 Å². The van der Waals surface area contributed by atoms with Gasteiger partial charge in [-0.15, -0.1) is 0 Å². The number of methoxy groups -OCH3 is 3. The van der Waals surface area contributed by atoms with Crippen LogP contribution in [0.25, 0.3) is 11.1 Å². The molecule has 1 aliphatic rings. The number of aryl methyl sites for hydroxylation is 1. The largest absolute Gasteiger partial charge is 0.493 e. The van der Waals surface area contributed by atoms with Crippen LogP contribution in [0.5, 0.6) is 17.2 Å². The monoisotopic (exact) mass is 478 g/mol. The van der Waals surface area contributed by atoms with Crippen LogP contribution in [0.2, 0.25) is 0 Å². The van der Waals surface area contributed by atoms with Gasteiger partial charge in [0.1, 0.15) is 5.82 Å². The molecule has 3 aromatic carbocycles. The van der Waals surface area contributed by atoms with Gasteiger partial charge in [0, 0.05) is 12.5 Å². The molecule has 8 heteroatoms. The number of halogens is 1. The summed E-state index contributed by atoms with van der Waals surface area (Å²) in [4.78, 5) is 25.3. The van der Waals surface area contributed by atoms with Crippen molar-refractivity contribution in [3.8, 4) is 28.4 Å². The molecular formula is C27H27FN2O5. The van der Waals surface area contributed by atoms with E-state index in [-0.39, 0.29) is 22.7 Å². The third kappa shape index (κ3) is 4.64. The number of carbonyl (C=O) groups is 1. The van der Waals surface area contributed by atoms with Crippen molar-refractivity contribution in [3.05, 3.63) is 75.7 Å². The van der Waals surface area contributed by atoms with Crippen LogP contribution in [0.3, 0.4) is 0 Å². The van der Waals surface area contributed by atoms with Crippen LogP contribution in [0, 0.1) is 5.82 Å². The maximum absolute atomic E-state index is 14.3. The Morgan fingerprint density at radius 1 is 0.971 bits per heavy atom. The number of fused-ring (bicyclic) bond motifs is 3. The molecule has 1 atom stereocenters. The SMILES string of the molecule is COc1cc2c(c(OC)c1OC)-c1ccc(Nc3ccccc3F)c(=O)cc1C(NC(C)=O)CC2. The third-order valence-electron chi connectivity index (χ3n) is 6.06. The standard InChI is InChI=1S/C27H27FN2O5/c1-15(31)29-20-11-9-16-13-24(33-2)26(34-3)27(35-4)25(16)17-10-12-22(23(32)14-18(17)20)30-21-8-6-5-7-19(21)28/h5-8,10,12-14,20H,9,11H2,1-4H3,(H,29,31)(H,30,32). The van der Waals surface area contributed by atoms with Crippen molar-refractivity contribution in [1.29, 1.82) is 0 Å². The fourth-order valence-electron chi connectivity index (χ4n) is 4.52. The minimum Gasteiger partial charge on any atom is -0.493 e. The van der Waals surface area contributed by atoms with Crippen LogP contribution in [-0.2, 0) is 11.2 Å². The summed E-state index contributed by atoms with van der Waals surface area (Å²) in [5.41, 5.74) is 3.06. The molecule has 0 radical (unpaired) electrons. The fourth-order valence-corrected chi connectivity index (χ4v) is 4.52. The summed E-state index contributed by atoms with van der Waals surface area (Å²) in [5.74, 6) is 0.733. The van der Waals surface area contributed by atoms with Crippen LogP contribution in [0.1, 0.15) is 30.5 Å². The number of amides is 1. The van der Waals surface area contributed by atoms with E-state index in [2.05, 4.69) is 10.6 Å². The molecule has 1 amide bonds. The minimum absolute atomic E-state index is 0.189. The molecule has 0 fully saturated rings. The Morgan fingerprint density at radius 2 is 1.71 bits per heavy atom. The minimum atomic E-state index is -0.472. The molecule has 2 N–H and O–H groups in total. The molecule has 0 saturated carbocycles. The number of rotatable bonds is 6. The lowest BCUT2D eigenvalue weighted by atomic mass is 9.95. The van der Waals surface area contributed by atoms with Gasteiger partial charge < -0.3 is 24.8 Å². The highest BCUT2D eigenvalue weighted by Gasteiger charge is 2.29. The zero-order valence-corrected chi connectivity index (χ0v) is 20.0. The Bertz CT molecular complexity index is 1340. The van der Waals surface area contributed by atoms with E-state index in [4.69, 9.17) is 14.2 Å². The number of benzene rings is 2. The highest BCUT2D eigenvalue weighted by Crippen LogP contribution is 2.50. The number of hydrogen-bond donors (Lipinski definition) is 2. The second-order valence-corrected chi connectivity index (χ2v) is 8.20. The first-order valence-corrected chi connectivity index (χ1v) is 11.2. The van der Waals surface area contributed by atoms with Crippen LogP contribution in [-0.4, -0.2) is 27.2 Å². The Labute approximate surface area is 202 Å². The first kappa shape index (κ1) is 24.1. The molecule has 0 aliphatic heterocycles. The third-order valence-corrected chi connectivity index (χ3v) is 6.06. The van der Waals surface area contributed by atoms with E-state index in [1.54, 1.807) is 44.6 Å². The van der Waals surface area contributed by atoms with Crippen molar-refractivity contribution in [3.63, 3.8) is 0 Å². The Hall–Kier alpha value is -4.07. The van der Waals surface area contributed by atoms with Gasteiger partial charge in [0.05, 0.1) is 38.7 Å². The van der Waals surface area contributed by atoms with E-state index in [1.165, 1.54) is 26.2 Å². The Morgan fingerprint density at radius 3 is 2.37 bits per heavy atom. The summed E-state index contributed by atoms with van der Waals surface area (Å²) >= 11 is 0. The van der Waals surface area contributed by atoms with Gasteiger partial charge >= 0.3 is 0 Å². The van der Waals surface area contributed by atoms with Gasteiger partial charge in [-0.1, -0.05) is 18.2 Å². The van der Waals surface area contributed by atoms with Crippen LogP contribution >= 0.6 is 0 Å². The molecule has 1 aliphatic carbocycles. The molecule has 3 aromatic rings. The lowest BCUT2D eigenvalue weighted by Crippen LogP contribution is -2.26. The van der Waals surface area contributed by atoms with E-state index in [1.807, 2.05) is 6.07 Å². The van der Waals surface area contributed by atoms with Gasteiger partial charge in [-0.25, -0.2) is 4.39 Å². The highest BCUT2D eigenvalue weighted by molar-refractivity contribution is 5.84. The maximum Gasteiger partial charge on any atom is 0.217 e. The molecule has 7 nitrogen and oxygen atoms in total. The van der Waals surface area contributed by atoms with Crippen LogP contribution in [0.15, 0.2) is 53.3 Å². The second-order valence-electron chi connectivity index (χ2n) is 8.20. The molecule has 0 bridgehead atoms. The summed E-state index contributed by atoms with van der Waals surface area (Å²) in [6.45, 7) is 1.44. The smallest absolute Gasteiger partial charge is 0.217 e. The highest BCUT2D eigenvalue weighted by atomic mass is 19.1.